The van der Waals surface area contributed by atoms with Crippen LogP contribution in [0.15, 0.2) is 61.7 Å². The molecule has 0 saturated carbocycles. The van der Waals surface area contributed by atoms with Gasteiger partial charge in [-0.2, -0.15) is 0 Å². The molecule has 0 spiro atoms. The first-order valence-corrected chi connectivity index (χ1v) is 15.3. The predicted molar refractivity (Wildman–Crippen MR) is 181 cm³/mol. The van der Waals surface area contributed by atoms with Crippen molar-refractivity contribution in [1.82, 2.24) is 15.3 Å². The maximum absolute atomic E-state index is 8.92. The molecule has 6 N–H and O–H groups in total. The third kappa shape index (κ3) is 10.0. The maximum Gasteiger partial charge on any atom is 0.128 e. The molecule has 0 saturated heterocycles. The van der Waals surface area contributed by atoms with Crippen LogP contribution < -0.4 is 21.7 Å². The predicted octanol–water partition coefficient (Wildman–Crippen LogP) is 7.46. The average Bonchev–Trinajstić information content (AvgIpc) is 2.98. The minimum atomic E-state index is 0.0617. The summed E-state index contributed by atoms with van der Waals surface area (Å²) >= 11 is 12.8. The molecule has 0 aliphatic heterocycles. The van der Waals surface area contributed by atoms with Crippen LogP contribution in [0.3, 0.4) is 0 Å². The summed E-state index contributed by atoms with van der Waals surface area (Å²) in [5.74, 6) is 0.932. The molecule has 0 radical (unpaired) electrons. The van der Waals surface area contributed by atoms with Crippen LogP contribution in [0.25, 0.3) is 0 Å². The minimum Gasteiger partial charge on any atom is -0.398 e. The Bertz CT molecular complexity index is 1270. The highest BCUT2D eigenvalue weighted by Gasteiger charge is 2.18. The number of anilines is 2. The van der Waals surface area contributed by atoms with E-state index < -0.39 is 0 Å². The van der Waals surface area contributed by atoms with Crippen LogP contribution >= 0.6 is 23.2 Å². The van der Waals surface area contributed by atoms with Crippen LogP contribution in [-0.4, -0.2) is 41.9 Å². The summed E-state index contributed by atoms with van der Waals surface area (Å²) in [6.45, 7) is 17.3. The fraction of sp³-hybridized carbons (Fsp3) is 0.424. The van der Waals surface area contributed by atoms with E-state index in [-0.39, 0.29) is 11.3 Å². The summed E-state index contributed by atoms with van der Waals surface area (Å²) in [6.07, 6.45) is 9.40. The lowest BCUT2D eigenvalue weighted by molar-refractivity contribution is 0.337. The molecule has 0 amide bonds. The molecule has 3 rings (SSSR count). The zero-order valence-corrected chi connectivity index (χ0v) is 27.2. The maximum atomic E-state index is 8.92. The fourth-order valence-electron chi connectivity index (χ4n) is 4.66. The number of nitrogens with one attached hydrogen (secondary N) is 2. The van der Waals surface area contributed by atoms with Crippen molar-refractivity contribution in [2.75, 3.05) is 36.8 Å². The SMILES string of the molecule is C=CNCCN(CCCC(C)(C)CN)c1ccc(C(=N)c2cc(C[C@H](C)c3c(Cl)cncc3Cl)ccc2N)cn1.CC. The molecule has 0 aliphatic carbocycles. The molecular formula is C33H47Cl2N7. The summed E-state index contributed by atoms with van der Waals surface area (Å²) < 4.78 is 0. The molecule has 0 bridgehead atoms. The van der Waals surface area contributed by atoms with Gasteiger partial charge in [-0.3, -0.25) is 10.4 Å². The van der Waals surface area contributed by atoms with Crippen molar-refractivity contribution < 1.29 is 0 Å². The molecule has 7 nitrogen and oxygen atoms in total. The number of pyridine rings is 2. The standard InChI is InChI=1S/C31H41Cl2N7.C2H6/c1-5-37-12-14-40(13-6-11-31(3,4)20-34)28-10-8-23(17-39-28)30(36)24-16-22(7-9-27(24)35)15-21(2)29-25(32)18-38-19-26(29)33;1-2/h5,7-10,16-19,21,36-37H,1,6,11-15,20,34-35H2,2-4H3;1-2H3/t21-;/m0./s1. The van der Waals surface area contributed by atoms with Crippen molar-refractivity contribution in [2.45, 2.75) is 59.8 Å². The van der Waals surface area contributed by atoms with Gasteiger partial charge in [0.05, 0.1) is 15.8 Å². The molecule has 0 fully saturated rings. The highest BCUT2D eigenvalue weighted by atomic mass is 35.5. The van der Waals surface area contributed by atoms with Crippen molar-refractivity contribution in [1.29, 1.82) is 5.41 Å². The number of hydrogen-bond acceptors (Lipinski definition) is 7. The third-order valence-corrected chi connectivity index (χ3v) is 7.78. The zero-order chi connectivity index (χ0) is 31.3. The zero-order valence-electron chi connectivity index (χ0n) is 25.7. The number of aromatic nitrogens is 2. The first-order chi connectivity index (χ1) is 20.1. The summed E-state index contributed by atoms with van der Waals surface area (Å²) in [5, 5.41) is 13.2. The van der Waals surface area contributed by atoms with Crippen LogP contribution in [0.1, 0.15) is 75.6 Å². The Morgan fingerprint density at radius 1 is 1.12 bits per heavy atom. The molecule has 2 aromatic heterocycles. The summed E-state index contributed by atoms with van der Waals surface area (Å²) in [5.41, 5.74) is 16.5. The van der Waals surface area contributed by atoms with Crippen molar-refractivity contribution >= 4 is 40.4 Å². The van der Waals surface area contributed by atoms with E-state index in [1.807, 2.05) is 44.2 Å². The lowest BCUT2D eigenvalue weighted by Gasteiger charge is -2.27. The summed E-state index contributed by atoms with van der Waals surface area (Å²) in [4.78, 5) is 11.0. The monoisotopic (exact) mass is 611 g/mol. The van der Waals surface area contributed by atoms with Gasteiger partial charge in [0.25, 0.3) is 0 Å². The van der Waals surface area contributed by atoms with Gasteiger partial charge in [-0.15, -0.1) is 0 Å². The van der Waals surface area contributed by atoms with Crippen LogP contribution in [0.2, 0.25) is 10.0 Å². The number of nitrogens with zero attached hydrogens (tertiary/aromatic N) is 3. The second-order valence-corrected chi connectivity index (χ2v) is 11.8. The van der Waals surface area contributed by atoms with Gasteiger partial charge < -0.3 is 21.7 Å². The Morgan fingerprint density at radius 3 is 2.40 bits per heavy atom. The van der Waals surface area contributed by atoms with Gasteiger partial charge >= 0.3 is 0 Å². The van der Waals surface area contributed by atoms with Crippen LogP contribution in [0, 0.1) is 10.8 Å². The number of nitrogen functional groups attached to an aromatic ring is 1. The number of benzene rings is 1. The minimum absolute atomic E-state index is 0.0617. The van der Waals surface area contributed by atoms with E-state index >= 15 is 0 Å². The van der Waals surface area contributed by atoms with Crippen molar-refractivity contribution in [3.63, 3.8) is 0 Å². The Morgan fingerprint density at radius 2 is 1.81 bits per heavy atom. The molecule has 0 unspecified atom stereocenters. The molecule has 3 aromatic rings. The lowest BCUT2D eigenvalue weighted by Crippen LogP contribution is -2.33. The Labute approximate surface area is 262 Å². The first kappa shape index (κ1) is 35.1. The van der Waals surface area contributed by atoms with E-state index in [1.165, 1.54) is 0 Å². The third-order valence-electron chi connectivity index (χ3n) is 7.18. The quantitative estimate of drug-likeness (QED) is 0.0804. The molecular weight excluding hydrogens is 565 g/mol. The van der Waals surface area contributed by atoms with Gasteiger partial charge in [-0.25, -0.2) is 4.98 Å². The summed E-state index contributed by atoms with van der Waals surface area (Å²) in [7, 11) is 0. The van der Waals surface area contributed by atoms with E-state index in [0.29, 0.717) is 45.5 Å². The normalized spacial score (nSPS) is 11.7. The number of nitrogens with two attached hydrogens (primary N) is 2. The van der Waals surface area contributed by atoms with Gasteiger partial charge in [0.15, 0.2) is 0 Å². The molecule has 228 valence electrons. The molecule has 9 heteroatoms. The van der Waals surface area contributed by atoms with E-state index in [9.17, 15) is 0 Å². The van der Waals surface area contributed by atoms with E-state index in [2.05, 4.69) is 42.6 Å². The van der Waals surface area contributed by atoms with Gasteiger partial charge in [-0.05, 0) is 78.7 Å². The topological polar surface area (TPSA) is 117 Å². The Kier molecular flexibility index (Phi) is 14.3. The molecule has 1 aromatic carbocycles. The van der Waals surface area contributed by atoms with E-state index in [0.717, 1.165) is 49.4 Å². The average molecular weight is 613 g/mol. The molecule has 42 heavy (non-hydrogen) atoms. The number of hydrogen-bond donors (Lipinski definition) is 4. The number of halogens is 2. The van der Waals surface area contributed by atoms with Crippen LogP contribution in [-0.2, 0) is 6.42 Å². The Hall–Kier alpha value is -3.13. The lowest BCUT2D eigenvalue weighted by atomic mass is 9.88. The van der Waals surface area contributed by atoms with Crippen molar-refractivity contribution in [3.05, 3.63) is 94.0 Å². The molecule has 1 atom stereocenters. The second-order valence-electron chi connectivity index (χ2n) is 10.9. The molecule has 2 heterocycles. The van der Waals surface area contributed by atoms with Gasteiger partial charge in [0, 0.05) is 55.0 Å². The van der Waals surface area contributed by atoms with Crippen molar-refractivity contribution in [2.24, 2.45) is 11.1 Å². The fourth-order valence-corrected chi connectivity index (χ4v) is 5.40. The smallest absolute Gasteiger partial charge is 0.128 e. The molecule has 0 aliphatic rings. The Balaban J connectivity index is 0.00000301. The van der Waals surface area contributed by atoms with Crippen molar-refractivity contribution in [3.8, 4) is 0 Å². The van der Waals surface area contributed by atoms with Gasteiger partial charge in [0.1, 0.15) is 5.82 Å². The largest absolute Gasteiger partial charge is 0.398 e. The van der Waals surface area contributed by atoms with E-state index in [1.54, 1.807) is 24.8 Å². The highest BCUT2D eigenvalue weighted by Crippen LogP contribution is 2.33. The summed E-state index contributed by atoms with van der Waals surface area (Å²) in [6, 6.07) is 9.71. The van der Waals surface area contributed by atoms with Gasteiger partial charge in [-0.1, -0.05) is 70.5 Å². The van der Waals surface area contributed by atoms with Crippen LogP contribution in [0.5, 0.6) is 0 Å². The highest BCUT2D eigenvalue weighted by molar-refractivity contribution is 6.35. The van der Waals surface area contributed by atoms with E-state index in [4.69, 9.17) is 45.1 Å². The number of rotatable bonds is 15. The first-order valence-electron chi connectivity index (χ1n) is 14.6. The van der Waals surface area contributed by atoms with Crippen LogP contribution in [0.4, 0.5) is 11.5 Å². The van der Waals surface area contributed by atoms with Gasteiger partial charge in [0.2, 0.25) is 0 Å². The second kappa shape index (κ2) is 17.1.